The van der Waals surface area contributed by atoms with Crippen LogP contribution >= 0.6 is 15.9 Å². The van der Waals surface area contributed by atoms with Crippen molar-refractivity contribution in [3.05, 3.63) is 23.8 Å². The van der Waals surface area contributed by atoms with Crippen molar-refractivity contribution in [2.24, 2.45) is 0 Å². The average Bonchev–Trinajstić information content (AvgIpc) is 2.25. The van der Waals surface area contributed by atoms with E-state index in [0.29, 0.717) is 12.4 Å². The summed E-state index contributed by atoms with van der Waals surface area (Å²) in [5.74, 6) is 0.710. The number of alkyl halides is 1. The van der Waals surface area contributed by atoms with Crippen molar-refractivity contribution in [2.75, 3.05) is 0 Å². The third-order valence-corrected chi connectivity index (χ3v) is 2.98. The second kappa shape index (κ2) is 5.80. The molecular weight excluding hydrogens is 258 g/mol. The molecule has 0 aliphatic rings. The first-order valence-corrected chi connectivity index (χ1v) is 5.75. The van der Waals surface area contributed by atoms with Gasteiger partial charge in [-0.2, -0.15) is 0 Å². The van der Waals surface area contributed by atoms with Gasteiger partial charge in [0.1, 0.15) is 5.82 Å². The van der Waals surface area contributed by atoms with E-state index < -0.39 is 0 Å². The third-order valence-electron chi connectivity index (χ3n) is 1.92. The molecule has 15 heavy (non-hydrogen) atoms. The van der Waals surface area contributed by atoms with Gasteiger partial charge >= 0.3 is 0 Å². The Morgan fingerprint density at radius 1 is 1.67 bits per heavy atom. The summed E-state index contributed by atoms with van der Waals surface area (Å²) < 4.78 is 0. The largest absolute Gasteiger partial charge is 0.349 e. The van der Waals surface area contributed by atoms with Gasteiger partial charge in [0.25, 0.3) is 0 Å². The molecule has 0 aliphatic heterocycles. The number of halogens is 1. The van der Waals surface area contributed by atoms with Gasteiger partial charge in [-0.05, 0) is 19.4 Å². The minimum atomic E-state index is -0.125. The van der Waals surface area contributed by atoms with Crippen molar-refractivity contribution >= 4 is 21.8 Å². The highest BCUT2D eigenvalue weighted by molar-refractivity contribution is 9.10. The Balaban J connectivity index is 2.47. The summed E-state index contributed by atoms with van der Waals surface area (Å²) in [6, 6.07) is 1.79. The SMILES string of the molecule is CCC(Br)C(=O)NCc1ccnc(C)n1. The molecule has 0 saturated heterocycles. The van der Waals surface area contributed by atoms with Crippen LogP contribution in [0.2, 0.25) is 0 Å². The highest BCUT2D eigenvalue weighted by Crippen LogP contribution is 2.04. The molecule has 0 fully saturated rings. The number of rotatable bonds is 4. The maximum atomic E-state index is 11.4. The lowest BCUT2D eigenvalue weighted by molar-refractivity contribution is -0.120. The lowest BCUT2D eigenvalue weighted by Crippen LogP contribution is -2.30. The lowest BCUT2D eigenvalue weighted by atomic mass is 10.3. The first kappa shape index (κ1) is 12.1. The quantitative estimate of drug-likeness (QED) is 0.846. The molecule has 1 aromatic heterocycles. The van der Waals surface area contributed by atoms with Crippen LogP contribution in [0.25, 0.3) is 0 Å². The summed E-state index contributed by atoms with van der Waals surface area (Å²) in [5.41, 5.74) is 0.826. The number of nitrogens with zero attached hydrogens (tertiary/aromatic N) is 2. The van der Waals surface area contributed by atoms with Crippen molar-refractivity contribution in [1.29, 1.82) is 0 Å². The Labute approximate surface area is 97.6 Å². The van der Waals surface area contributed by atoms with Crippen molar-refractivity contribution in [1.82, 2.24) is 15.3 Å². The summed E-state index contributed by atoms with van der Waals surface area (Å²) >= 11 is 3.29. The molecule has 82 valence electrons. The standard InChI is InChI=1S/C10H14BrN3O/c1-3-9(11)10(15)13-6-8-4-5-12-7(2)14-8/h4-5,9H,3,6H2,1-2H3,(H,13,15). The molecule has 0 aromatic carbocycles. The molecule has 0 radical (unpaired) electrons. The van der Waals surface area contributed by atoms with Gasteiger partial charge in [-0.25, -0.2) is 9.97 Å². The molecule has 1 atom stereocenters. The van der Waals surface area contributed by atoms with Crippen LogP contribution in [0.1, 0.15) is 24.9 Å². The summed E-state index contributed by atoms with van der Waals surface area (Å²) in [6.45, 7) is 4.22. The van der Waals surface area contributed by atoms with Gasteiger partial charge in [-0.1, -0.05) is 22.9 Å². The zero-order valence-electron chi connectivity index (χ0n) is 8.83. The van der Waals surface area contributed by atoms with E-state index in [4.69, 9.17) is 0 Å². The van der Waals surface area contributed by atoms with Crippen molar-refractivity contribution in [3.8, 4) is 0 Å². The number of amides is 1. The van der Waals surface area contributed by atoms with Gasteiger partial charge < -0.3 is 5.32 Å². The van der Waals surface area contributed by atoms with E-state index in [0.717, 1.165) is 12.1 Å². The van der Waals surface area contributed by atoms with Gasteiger partial charge in [0.05, 0.1) is 17.1 Å². The van der Waals surface area contributed by atoms with Gasteiger partial charge in [0, 0.05) is 6.20 Å². The van der Waals surface area contributed by atoms with Crippen molar-refractivity contribution in [2.45, 2.75) is 31.6 Å². The Kier molecular flexibility index (Phi) is 4.68. The molecule has 0 spiro atoms. The molecule has 0 aliphatic carbocycles. The van der Waals surface area contributed by atoms with E-state index in [2.05, 4.69) is 31.2 Å². The fourth-order valence-electron chi connectivity index (χ4n) is 1.08. The molecular formula is C10H14BrN3O. The van der Waals surface area contributed by atoms with Crippen LogP contribution < -0.4 is 5.32 Å². The molecule has 0 saturated carbocycles. The number of aryl methyl sites for hydroxylation is 1. The zero-order valence-corrected chi connectivity index (χ0v) is 10.4. The monoisotopic (exact) mass is 271 g/mol. The molecule has 1 heterocycles. The minimum Gasteiger partial charge on any atom is -0.349 e. The highest BCUT2D eigenvalue weighted by atomic mass is 79.9. The van der Waals surface area contributed by atoms with Crippen LogP contribution in [0.5, 0.6) is 0 Å². The molecule has 1 amide bonds. The molecule has 1 unspecified atom stereocenters. The normalized spacial score (nSPS) is 12.2. The van der Waals surface area contributed by atoms with Crippen LogP contribution in [0.3, 0.4) is 0 Å². The number of hydrogen-bond acceptors (Lipinski definition) is 3. The number of hydrogen-bond donors (Lipinski definition) is 1. The Morgan fingerprint density at radius 3 is 3.00 bits per heavy atom. The van der Waals surface area contributed by atoms with E-state index >= 15 is 0 Å². The molecule has 1 N–H and O–H groups in total. The van der Waals surface area contributed by atoms with Crippen molar-refractivity contribution in [3.63, 3.8) is 0 Å². The second-order valence-corrected chi connectivity index (χ2v) is 4.29. The first-order chi connectivity index (χ1) is 7.13. The predicted octanol–water partition coefficient (Wildman–Crippen LogP) is 1.57. The Morgan fingerprint density at radius 2 is 2.40 bits per heavy atom. The number of nitrogens with one attached hydrogen (secondary N) is 1. The topological polar surface area (TPSA) is 54.9 Å². The smallest absolute Gasteiger partial charge is 0.234 e. The maximum absolute atomic E-state index is 11.4. The van der Waals surface area contributed by atoms with Crippen LogP contribution in [0.15, 0.2) is 12.3 Å². The van der Waals surface area contributed by atoms with Crippen LogP contribution in [-0.2, 0) is 11.3 Å². The summed E-state index contributed by atoms with van der Waals surface area (Å²) in [7, 11) is 0. The summed E-state index contributed by atoms with van der Waals surface area (Å²) in [5, 5.41) is 2.80. The zero-order chi connectivity index (χ0) is 11.3. The van der Waals surface area contributed by atoms with E-state index in [1.54, 1.807) is 12.3 Å². The highest BCUT2D eigenvalue weighted by Gasteiger charge is 2.11. The molecule has 1 aromatic rings. The third kappa shape index (κ3) is 3.95. The maximum Gasteiger partial charge on any atom is 0.234 e. The van der Waals surface area contributed by atoms with Crippen LogP contribution in [-0.4, -0.2) is 20.7 Å². The number of carbonyl (C=O) groups is 1. The number of carbonyl (C=O) groups excluding carboxylic acids is 1. The van der Waals surface area contributed by atoms with Gasteiger partial charge in [-0.3, -0.25) is 4.79 Å². The molecule has 4 nitrogen and oxygen atoms in total. The second-order valence-electron chi connectivity index (χ2n) is 3.19. The van der Waals surface area contributed by atoms with Crippen molar-refractivity contribution < 1.29 is 4.79 Å². The Hall–Kier alpha value is -0.970. The van der Waals surface area contributed by atoms with Gasteiger partial charge in [0.15, 0.2) is 0 Å². The van der Waals surface area contributed by atoms with Crippen LogP contribution in [0.4, 0.5) is 0 Å². The Bertz CT molecular complexity index is 343. The first-order valence-electron chi connectivity index (χ1n) is 4.83. The van der Waals surface area contributed by atoms with E-state index in [1.807, 2.05) is 13.8 Å². The fraction of sp³-hybridized carbons (Fsp3) is 0.500. The average molecular weight is 272 g/mol. The molecule has 0 bridgehead atoms. The lowest BCUT2D eigenvalue weighted by Gasteiger charge is -2.08. The van der Waals surface area contributed by atoms with Gasteiger partial charge in [-0.15, -0.1) is 0 Å². The minimum absolute atomic E-state index is 0.00577. The van der Waals surface area contributed by atoms with E-state index in [1.165, 1.54) is 0 Å². The molecule has 1 rings (SSSR count). The summed E-state index contributed by atoms with van der Waals surface area (Å²) in [4.78, 5) is 19.5. The van der Waals surface area contributed by atoms with E-state index in [9.17, 15) is 4.79 Å². The molecule has 5 heteroatoms. The fourth-order valence-corrected chi connectivity index (χ4v) is 1.24. The number of aromatic nitrogens is 2. The van der Waals surface area contributed by atoms with Gasteiger partial charge in [0.2, 0.25) is 5.91 Å². The predicted molar refractivity (Wildman–Crippen MR) is 61.6 cm³/mol. The van der Waals surface area contributed by atoms with Crippen LogP contribution in [0, 0.1) is 6.92 Å². The summed E-state index contributed by atoms with van der Waals surface area (Å²) in [6.07, 6.45) is 2.46. The van der Waals surface area contributed by atoms with E-state index in [-0.39, 0.29) is 10.7 Å².